The highest BCUT2D eigenvalue weighted by Gasteiger charge is 2.11. The summed E-state index contributed by atoms with van der Waals surface area (Å²) in [5.41, 5.74) is 3.79. The third-order valence-electron chi connectivity index (χ3n) is 2.69. The first-order chi connectivity index (χ1) is 8.69. The Hall–Kier alpha value is -0.320. The lowest BCUT2D eigenvalue weighted by Gasteiger charge is -2.17. The quantitative estimate of drug-likeness (QED) is 0.439. The number of ether oxygens (including phenoxy) is 1. The number of nitrogens with two attached hydrogens (primary N) is 1. The first-order valence-electron chi connectivity index (χ1n) is 6.15. The van der Waals surface area contributed by atoms with Crippen LogP contribution in [0.15, 0.2) is 18.2 Å². The highest BCUT2D eigenvalue weighted by Crippen LogP contribution is 2.26. The van der Waals surface area contributed by atoms with Crippen LogP contribution < -0.4 is 11.3 Å². The van der Waals surface area contributed by atoms with E-state index in [2.05, 4.69) is 12.3 Å². The molecule has 0 aromatic heterocycles. The van der Waals surface area contributed by atoms with Crippen LogP contribution in [0, 0.1) is 0 Å². The van der Waals surface area contributed by atoms with E-state index >= 15 is 0 Å². The van der Waals surface area contributed by atoms with Crippen molar-refractivity contribution < 1.29 is 4.74 Å². The van der Waals surface area contributed by atoms with Crippen LogP contribution in [0.2, 0.25) is 10.0 Å². The molecule has 0 saturated carbocycles. The second-order valence-electron chi connectivity index (χ2n) is 4.18. The molecule has 1 aromatic carbocycles. The van der Waals surface area contributed by atoms with Gasteiger partial charge < -0.3 is 4.74 Å². The molecule has 3 nitrogen and oxygen atoms in total. The van der Waals surface area contributed by atoms with Crippen molar-refractivity contribution in [2.45, 2.75) is 32.2 Å². The summed E-state index contributed by atoms with van der Waals surface area (Å²) < 4.78 is 5.45. The molecule has 0 spiro atoms. The Morgan fingerprint density at radius 3 is 2.78 bits per heavy atom. The number of benzene rings is 1. The topological polar surface area (TPSA) is 47.3 Å². The zero-order valence-corrected chi connectivity index (χ0v) is 12.1. The highest BCUT2D eigenvalue weighted by molar-refractivity contribution is 6.42. The number of halogens is 2. The maximum Gasteiger partial charge on any atom is 0.0624 e. The van der Waals surface area contributed by atoms with Gasteiger partial charge in [-0.1, -0.05) is 42.3 Å². The molecule has 0 aliphatic rings. The van der Waals surface area contributed by atoms with Crippen LogP contribution in [0.25, 0.3) is 0 Å². The van der Waals surface area contributed by atoms with Gasteiger partial charge in [0, 0.05) is 19.3 Å². The van der Waals surface area contributed by atoms with Gasteiger partial charge in [0.2, 0.25) is 0 Å². The molecule has 0 aliphatic heterocycles. The summed E-state index contributed by atoms with van der Waals surface area (Å²) in [5, 5.41) is 1.18. The number of hydrazine groups is 1. The van der Waals surface area contributed by atoms with E-state index in [1.807, 2.05) is 12.1 Å². The average Bonchev–Trinajstić information content (AvgIpc) is 2.38. The summed E-state index contributed by atoms with van der Waals surface area (Å²) in [4.78, 5) is 0. The third-order valence-corrected chi connectivity index (χ3v) is 3.55. The van der Waals surface area contributed by atoms with Crippen molar-refractivity contribution in [1.29, 1.82) is 0 Å². The fourth-order valence-corrected chi connectivity index (χ4v) is 2.09. The van der Waals surface area contributed by atoms with Gasteiger partial charge in [0.1, 0.15) is 0 Å². The molecule has 1 rings (SSSR count). The van der Waals surface area contributed by atoms with Crippen LogP contribution >= 0.6 is 23.2 Å². The lowest BCUT2D eigenvalue weighted by Crippen LogP contribution is -2.37. The molecule has 1 aromatic rings. The van der Waals surface area contributed by atoms with E-state index in [9.17, 15) is 0 Å². The fraction of sp³-hybridized carbons (Fsp3) is 0.538. The third kappa shape index (κ3) is 5.12. The number of nitrogens with one attached hydrogen (secondary N) is 1. The van der Waals surface area contributed by atoms with Crippen LogP contribution in [-0.4, -0.2) is 19.3 Å². The van der Waals surface area contributed by atoms with Crippen molar-refractivity contribution in [2.75, 3.05) is 13.2 Å². The van der Waals surface area contributed by atoms with Crippen LogP contribution in [-0.2, 0) is 11.2 Å². The molecule has 3 N–H and O–H groups in total. The van der Waals surface area contributed by atoms with Gasteiger partial charge in [0.15, 0.2) is 0 Å². The Kier molecular flexibility index (Phi) is 7.63. The summed E-state index contributed by atoms with van der Waals surface area (Å²) in [7, 11) is 0. The van der Waals surface area contributed by atoms with Gasteiger partial charge >= 0.3 is 0 Å². The average molecular weight is 291 g/mol. The minimum atomic E-state index is 0.137. The van der Waals surface area contributed by atoms with Crippen molar-refractivity contribution >= 4 is 23.2 Å². The molecule has 0 saturated heterocycles. The minimum Gasteiger partial charge on any atom is -0.381 e. The second-order valence-corrected chi connectivity index (χ2v) is 4.97. The normalized spacial score (nSPS) is 12.7. The Bertz CT molecular complexity index is 361. The van der Waals surface area contributed by atoms with Gasteiger partial charge in [-0.2, -0.15) is 0 Å². The van der Waals surface area contributed by atoms with Crippen molar-refractivity contribution in [2.24, 2.45) is 5.84 Å². The van der Waals surface area contributed by atoms with Gasteiger partial charge in [0.25, 0.3) is 0 Å². The van der Waals surface area contributed by atoms with Crippen LogP contribution in [0.5, 0.6) is 0 Å². The first kappa shape index (κ1) is 15.7. The monoisotopic (exact) mass is 290 g/mol. The second kappa shape index (κ2) is 8.73. The van der Waals surface area contributed by atoms with Crippen LogP contribution in [0.1, 0.15) is 25.3 Å². The molecule has 0 heterocycles. The predicted octanol–water partition coefficient (Wildman–Crippen LogP) is 3.18. The molecule has 18 heavy (non-hydrogen) atoms. The summed E-state index contributed by atoms with van der Waals surface area (Å²) in [6.07, 6.45) is 2.62. The van der Waals surface area contributed by atoms with E-state index in [1.54, 1.807) is 6.07 Å². The van der Waals surface area contributed by atoms with Gasteiger partial charge in [-0.15, -0.1) is 0 Å². The summed E-state index contributed by atoms with van der Waals surface area (Å²) >= 11 is 12.1. The highest BCUT2D eigenvalue weighted by atomic mass is 35.5. The lowest BCUT2D eigenvalue weighted by molar-refractivity contribution is 0.124. The van der Waals surface area contributed by atoms with Crippen molar-refractivity contribution in [3.8, 4) is 0 Å². The summed E-state index contributed by atoms with van der Waals surface area (Å²) in [6.45, 7) is 3.57. The van der Waals surface area contributed by atoms with E-state index in [0.717, 1.165) is 31.4 Å². The molecular formula is C13H20Cl2N2O. The largest absolute Gasteiger partial charge is 0.381 e. The first-order valence-corrected chi connectivity index (χ1v) is 6.91. The van der Waals surface area contributed by atoms with Crippen molar-refractivity contribution in [3.05, 3.63) is 33.8 Å². The van der Waals surface area contributed by atoms with Gasteiger partial charge in [-0.3, -0.25) is 11.3 Å². The number of hydrogen-bond donors (Lipinski definition) is 2. The van der Waals surface area contributed by atoms with Gasteiger partial charge in [-0.25, -0.2) is 0 Å². The molecular weight excluding hydrogens is 271 g/mol. The molecule has 1 atom stereocenters. The molecule has 102 valence electrons. The SMILES string of the molecule is CCCOCCC(Cc1cccc(Cl)c1Cl)NN. The molecule has 0 radical (unpaired) electrons. The van der Waals surface area contributed by atoms with E-state index in [-0.39, 0.29) is 6.04 Å². The predicted molar refractivity (Wildman–Crippen MR) is 77.0 cm³/mol. The number of rotatable bonds is 8. The Balaban J connectivity index is 2.49. The van der Waals surface area contributed by atoms with E-state index in [4.69, 9.17) is 33.8 Å². The maximum absolute atomic E-state index is 6.15. The van der Waals surface area contributed by atoms with Gasteiger partial charge in [0.05, 0.1) is 10.0 Å². The van der Waals surface area contributed by atoms with E-state index in [0.29, 0.717) is 16.7 Å². The van der Waals surface area contributed by atoms with Crippen LogP contribution in [0.3, 0.4) is 0 Å². The van der Waals surface area contributed by atoms with Gasteiger partial charge in [-0.05, 0) is 30.9 Å². The summed E-state index contributed by atoms with van der Waals surface area (Å²) in [5.74, 6) is 5.54. The Labute approximate surface area is 119 Å². The Morgan fingerprint density at radius 2 is 2.11 bits per heavy atom. The van der Waals surface area contributed by atoms with E-state index < -0.39 is 0 Å². The molecule has 0 aliphatic carbocycles. The van der Waals surface area contributed by atoms with Crippen LogP contribution in [0.4, 0.5) is 0 Å². The maximum atomic E-state index is 6.15. The summed E-state index contributed by atoms with van der Waals surface area (Å²) in [6, 6.07) is 5.77. The van der Waals surface area contributed by atoms with E-state index in [1.165, 1.54) is 0 Å². The minimum absolute atomic E-state index is 0.137. The zero-order valence-electron chi connectivity index (χ0n) is 10.6. The molecule has 0 fully saturated rings. The van der Waals surface area contributed by atoms with Crippen molar-refractivity contribution in [1.82, 2.24) is 5.43 Å². The Morgan fingerprint density at radius 1 is 1.33 bits per heavy atom. The number of hydrogen-bond acceptors (Lipinski definition) is 3. The molecule has 0 bridgehead atoms. The molecule has 5 heteroatoms. The molecule has 1 unspecified atom stereocenters. The lowest BCUT2D eigenvalue weighted by atomic mass is 10.0. The standard InChI is InChI=1S/C13H20Cl2N2O/c1-2-7-18-8-6-11(17-16)9-10-4-3-5-12(14)13(10)15/h3-5,11,17H,2,6-9,16H2,1H3. The fourth-order valence-electron chi connectivity index (χ4n) is 1.69. The molecule has 0 amide bonds. The zero-order chi connectivity index (χ0) is 13.4. The van der Waals surface area contributed by atoms with Crippen molar-refractivity contribution in [3.63, 3.8) is 0 Å². The smallest absolute Gasteiger partial charge is 0.0624 e.